The number of nitrogens with one attached hydrogen (secondary N) is 5. The Bertz CT molecular complexity index is 1580. The number of amides is 8. The fourth-order valence-corrected chi connectivity index (χ4v) is 6.50. The molecule has 2 saturated heterocycles. The Kier molecular flexibility index (Phi) is 15.3. The molecule has 0 aliphatic carbocycles. The third-order valence-electron chi connectivity index (χ3n) is 9.32. The van der Waals surface area contributed by atoms with Crippen LogP contribution in [0.4, 0.5) is 10.5 Å². The number of anilines is 1. The lowest BCUT2D eigenvalue weighted by atomic mass is 10.0. The Morgan fingerprint density at radius 1 is 0.909 bits per heavy atom. The van der Waals surface area contributed by atoms with Gasteiger partial charge in [0.2, 0.25) is 17.7 Å². The van der Waals surface area contributed by atoms with Crippen LogP contribution in [-0.2, 0) is 49.4 Å². The molecule has 0 bridgehead atoms. The van der Waals surface area contributed by atoms with E-state index in [-0.39, 0.29) is 43.7 Å². The van der Waals surface area contributed by atoms with E-state index in [1.54, 1.807) is 39.8 Å². The van der Waals surface area contributed by atoms with Crippen LogP contribution in [0.15, 0.2) is 36.4 Å². The fraction of sp³-hybridized carbons (Fsp3) is 0.595. The first-order chi connectivity index (χ1) is 26.1. The summed E-state index contributed by atoms with van der Waals surface area (Å²) in [5, 5.41) is 13.6. The van der Waals surface area contributed by atoms with Crippen LogP contribution >= 0.6 is 0 Å². The van der Waals surface area contributed by atoms with E-state index >= 15 is 0 Å². The number of nitrogens with zero attached hydrogens (tertiary/aromatic N) is 1. The molecule has 18 heteroatoms. The van der Waals surface area contributed by atoms with Crippen LogP contribution in [0.5, 0.6) is 0 Å². The molecule has 8 amide bonds. The summed E-state index contributed by atoms with van der Waals surface area (Å²) in [6, 6.07) is 3.29. The van der Waals surface area contributed by atoms with Crippen LogP contribution in [-0.4, -0.2) is 108 Å². The van der Waals surface area contributed by atoms with Gasteiger partial charge in [-0.3, -0.25) is 33.7 Å². The molecule has 3 aliphatic rings. The predicted molar refractivity (Wildman–Crippen MR) is 198 cm³/mol. The molecule has 2 fully saturated rings. The van der Waals surface area contributed by atoms with Gasteiger partial charge in [-0.25, -0.2) is 4.79 Å². The molecule has 1 aromatic rings. The van der Waals surface area contributed by atoms with E-state index in [1.807, 2.05) is 12.1 Å². The van der Waals surface area contributed by atoms with Crippen molar-refractivity contribution in [2.75, 3.05) is 25.0 Å². The van der Waals surface area contributed by atoms with E-state index in [0.29, 0.717) is 44.3 Å². The minimum Gasteiger partial charge on any atom is -0.352 e. The van der Waals surface area contributed by atoms with Crippen molar-refractivity contribution >= 4 is 47.2 Å². The number of fused-ring (bicyclic) bond motifs is 1. The summed E-state index contributed by atoms with van der Waals surface area (Å²) in [4.78, 5) is 90.1. The van der Waals surface area contributed by atoms with Crippen LogP contribution in [0.2, 0.25) is 0 Å². The highest BCUT2D eigenvalue weighted by Crippen LogP contribution is 2.37. The zero-order valence-corrected chi connectivity index (χ0v) is 31.8. The second-order valence-electron chi connectivity index (χ2n) is 14.5. The quantitative estimate of drug-likeness (QED) is 0.0688. The first-order valence-electron chi connectivity index (χ1n) is 18.7. The molecule has 3 heterocycles. The Morgan fingerprint density at radius 3 is 2.24 bits per heavy atom. The summed E-state index contributed by atoms with van der Waals surface area (Å²) in [5.74, 6) is -4.42. The molecule has 6 atom stereocenters. The minimum absolute atomic E-state index is 0.0971. The zero-order valence-electron chi connectivity index (χ0n) is 31.8. The summed E-state index contributed by atoms with van der Waals surface area (Å²) < 4.78 is 17.8. The Labute approximate surface area is 320 Å². The number of carbonyl (C=O) groups excluding carboxylic acids is 7. The predicted octanol–water partition coefficient (Wildman–Crippen LogP) is 0.0470. The molecule has 0 radical (unpaired) electrons. The zero-order chi connectivity index (χ0) is 40.3. The van der Waals surface area contributed by atoms with Crippen LogP contribution in [0.1, 0.15) is 71.8 Å². The molecule has 4 rings (SSSR count). The van der Waals surface area contributed by atoms with Crippen molar-refractivity contribution in [3.05, 3.63) is 42.0 Å². The van der Waals surface area contributed by atoms with Gasteiger partial charge in [-0.1, -0.05) is 32.4 Å². The van der Waals surface area contributed by atoms with Crippen molar-refractivity contribution in [1.82, 2.24) is 26.2 Å². The van der Waals surface area contributed by atoms with Crippen LogP contribution in [0.25, 0.3) is 0 Å². The highest BCUT2D eigenvalue weighted by molar-refractivity contribution is 6.12. The SMILES string of the molecule is CC(C)[C@@H](NC(=O)C1OC2OC(C)(C)OC2C1NC(=O)CCCCCN1C(=O)C=CC1=O)C(=O)NC(CCCNC(N)=O)C(=O)Nc1ccc(CCN)cc1. The number of benzene rings is 1. The van der Waals surface area contributed by atoms with Gasteiger partial charge in [-0.15, -0.1) is 0 Å². The molecule has 55 heavy (non-hydrogen) atoms. The average molecular weight is 771 g/mol. The van der Waals surface area contributed by atoms with Gasteiger partial charge in [0.1, 0.15) is 18.2 Å². The number of urea groups is 1. The van der Waals surface area contributed by atoms with Crippen molar-refractivity contribution in [2.45, 2.75) is 115 Å². The number of ether oxygens (including phenoxy) is 3. The fourth-order valence-electron chi connectivity index (χ4n) is 6.50. The van der Waals surface area contributed by atoms with Crippen LogP contribution in [0, 0.1) is 5.92 Å². The molecule has 0 spiro atoms. The number of unbranched alkanes of at least 4 members (excludes halogenated alkanes) is 2. The summed E-state index contributed by atoms with van der Waals surface area (Å²) in [5.41, 5.74) is 12.3. The van der Waals surface area contributed by atoms with Gasteiger partial charge >= 0.3 is 6.03 Å². The number of nitrogens with two attached hydrogens (primary N) is 2. The Balaban J connectivity index is 1.39. The van der Waals surface area contributed by atoms with Gasteiger partial charge in [0, 0.05) is 37.3 Å². The molecule has 9 N–H and O–H groups in total. The van der Waals surface area contributed by atoms with Crippen molar-refractivity contribution in [1.29, 1.82) is 0 Å². The molecule has 0 saturated carbocycles. The maximum atomic E-state index is 13.9. The average Bonchev–Trinajstić information content (AvgIpc) is 3.73. The molecule has 0 aromatic heterocycles. The van der Waals surface area contributed by atoms with Gasteiger partial charge in [-0.2, -0.15) is 0 Å². The van der Waals surface area contributed by atoms with Gasteiger partial charge in [-0.05, 0) is 76.1 Å². The Hall–Kier alpha value is -4.91. The lowest BCUT2D eigenvalue weighted by molar-refractivity contribution is -0.208. The number of hydrogen-bond donors (Lipinski definition) is 7. The molecule has 302 valence electrons. The van der Waals surface area contributed by atoms with Crippen molar-refractivity contribution in [3.63, 3.8) is 0 Å². The summed E-state index contributed by atoms with van der Waals surface area (Å²) in [6.45, 7) is 7.71. The number of primary amides is 1. The third kappa shape index (κ3) is 12.3. The van der Waals surface area contributed by atoms with E-state index in [4.69, 9.17) is 25.7 Å². The standard InChI is InChI=1S/C37H54N8O10/c1-21(2)28(33(50)42-24(9-8-19-40-36(39)52)32(49)41-23-13-11-22(12-14-23)17-18-38)44-34(51)30-29(31-35(53-30)55-37(3,4)54-31)43-25(46)10-6-5-7-20-45-26(47)15-16-27(45)48/h11-16,21,24,28-31,35H,5-10,17-20,38H2,1-4H3,(H,41,49)(H,42,50)(H,43,46)(H,44,51)(H3,39,40,52)/t24?,28-,29?,30?,31?,35?/m1/s1. The number of carbonyl (C=O) groups is 7. The number of imide groups is 1. The van der Waals surface area contributed by atoms with E-state index in [0.717, 1.165) is 10.5 Å². The highest BCUT2D eigenvalue weighted by Gasteiger charge is 2.57. The number of hydrogen-bond acceptors (Lipinski definition) is 11. The normalized spacial score (nSPS) is 22.3. The third-order valence-corrected chi connectivity index (χ3v) is 9.32. The van der Waals surface area contributed by atoms with Crippen molar-refractivity contribution in [2.24, 2.45) is 17.4 Å². The van der Waals surface area contributed by atoms with Crippen molar-refractivity contribution in [3.8, 4) is 0 Å². The minimum atomic E-state index is -1.29. The Morgan fingerprint density at radius 2 is 1.60 bits per heavy atom. The van der Waals surface area contributed by atoms with Gasteiger partial charge in [0.05, 0.1) is 6.04 Å². The van der Waals surface area contributed by atoms with Crippen LogP contribution < -0.4 is 38.1 Å². The maximum absolute atomic E-state index is 13.9. The second-order valence-corrected chi connectivity index (χ2v) is 14.5. The molecule has 5 unspecified atom stereocenters. The summed E-state index contributed by atoms with van der Waals surface area (Å²) in [6.07, 6.45) is 2.13. The van der Waals surface area contributed by atoms with E-state index in [2.05, 4.69) is 26.6 Å². The summed E-state index contributed by atoms with van der Waals surface area (Å²) >= 11 is 0. The lowest BCUT2D eigenvalue weighted by Crippen LogP contribution is -2.59. The topological polar surface area (TPSA) is 263 Å². The first-order valence-corrected chi connectivity index (χ1v) is 18.7. The molecule has 1 aromatic carbocycles. The van der Waals surface area contributed by atoms with Gasteiger partial charge in [0.15, 0.2) is 18.2 Å². The molecular formula is C37H54N8O10. The monoisotopic (exact) mass is 770 g/mol. The first kappa shape index (κ1) is 42.8. The largest absolute Gasteiger partial charge is 0.352 e. The lowest BCUT2D eigenvalue weighted by Gasteiger charge is -2.29. The second kappa shape index (κ2) is 19.6. The maximum Gasteiger partial charge on any atom is 0.312 e. The number of rotatable bonds is 20. The van der Waals surface area contributed by atoms with Gasteiger partial charge in [0.25, 0.3) is 17.7 Å². The molecule has 18 nitrogen and oxygen atoms in total. The van der Waals surface area contributed by atoms with E-state index < -0.39 is 72.1 Å². The highest BCUT2D eigenvalue weighted by atomic mass is 16.8. The van der Waals surface area contributed by atoms with Crippen LogP contribution in [0.3, 0.4) is 0 Å². The summed E-state index contributed by atoms with van der Waals surface area (Å²) in [7, 11) is 0. The smallest absolute Gasteiger partial charge is 0.312 e. The molecular weight excluding hydrogens is 716 g/mol. The van der Waals surface area contributed by atoms with Gasteiger partial charge < -0.3 is 52.3 Å². The van der Waals surface area contributed by atoms with Crippen molar-refractivity contribution < 1.29 is 47.8 Å². The molecule has 3 aliphatic heterocycles. The van der Waals surface area contributed by atoms with E-state index in [1.165, 1.54) is 12.2 Å². The van der Waals surface area contributed by atoms with E-state index in [9.17, 15) is 33.6 Å².